The summed E-state index contributed by atoms with van der Waals surface area (Å²) in [4.78, 5) is 19.0. The lowest BCUT2D eigenvalue weighted by atomic mass is 9.99. The summed E-state index contributed by atoms with van der Waals surface area (Å²) in [5.74, 6) is 0.611. The summed E-state index contributed by atoms with van der Waals surface area (Å²) >= 11 is 6.19. The first-order valence-electron chi connectivity index (χ1n) is 12.6. The van der Waals surface area contributed by atoms with Crippen molar-refractivity contribution in [3.05, 3.63) is 122 Å². The second-order valence-corrected chi connectivity index (χ2v) is 11.1. The van der Waals surface area contributed by atoms with Crippen molar-refractivity contribution in [2.75, 3.05) is 0 Å². The molecule has 1 N–H and O–H groups in total. The van der Waals surface area contributed by atoms with Crippen LogP contribution in [0.25, 0.3) is 10.9 Å². The van der Waals surface area contributed by atoms with Gasteiger partial charge in [0.15, 0.2) is 5.82 Å². The van der Waals surface area contributed by atoms with E-state index in [-0.39, 0.29) is 5.56 Å². The molecule has 1 atom stereocenters. The van der Waals surface area contributed by atoms with Gasteiger partial charge in [-0.3, -0.25) is 9.69 Å². The van der Waals surface area contributed by atoms with E-state index < -0.39 is 11.6 Å². The number of nitrogens with one attached hydrogen (secondary N) is 1. The molecule has 2 aromatic heterocycles. The number of aromatic amines is 1. The minimum Gasteiger partial charge on any atom is -0.322 e. The lowest BCUT2D eigenvalue weighted by molar-refractivity contribution is 0.184. The molecule has 0 spiro atoms. The van der Waals surface area contributed by atoms with Gasteiger partial charge in [-0.1, -0.05) is 65.7 Å². The first-order chi connectivity index (χ1) is 18.2. The van der Waals surface area contributed by atoms with Crippen LogP contribution in [-0.4, -0.2) is 30.1 Å². The van der Waals surface area contributed by atoms with E-state index in [0.29, 0.717) is 29.5 Å². The summed E-state index contributed by atoms with van der Waals surface area (Å²) in [5.41, 5.74) is 4.14. The van der Waals surface area contributed by atoms with Gasteiger partial charge in [-0.05, 0) is 85.0 Å². The maximum Gasteiger partial charge on any atom is 0.253 e. The third-order valence-electron chi connectivity index (χ3n) is 6.59. The normalized spacial score (nSPS) is 12.8. The highest BCUT2D eigenvalue weighted by Crippen LogP contribution is 2.32. The van der Waals surface area contributed by atoms with E-state index >= 15 is 0 Å². The molecule has 38 heavy (non-hydrogen) atoms. The molecule has 2 heterocycles. The number of tetrazole rings is 1. The predicted molar refractivity (Wildman–Crippen MR) is 151 cm³/mol. The molecule has 5 rings (SSSR count). The number of H-pyrrole nitrogens is 1. The Labute approximate surface area is 227 Å². The topological polar surface area (TPSA) is 79.7 Å². The number of aromatic nitrogens is 5. The summed E-state index contributed by atoms with van der Waals surface area (Å²) < 4.78 is 1.82. The van der Waals surface area contributed by atoms with Crippen LogP contribution in [0.5, 0.6) is 0 Å². The lowest BCUT2D eigenvalue weighted by Gasteiger charge is -2.33. The molecule has 3 aromatic carbocycles. The molecule has 0 aliphatic heterocycles. The molecule has 0 aliphatic rings. The van der Waals surface area contributed by atoms with Crippen LogP contribution in [0.3, 0.4) is 0 Å². The van der Waals surface area contributed by atoms with E-state index in [2.05, 4.69) is 64.4 Å². The van der Waals surface area contributed by atoms with Crippen molar-refractivity contribution in [1.29, 1.82) is 0 Å². The number of rotatable bonds is 7. The van der Waals surface area contributed by atoms with E-state index in [0.717, 1.165) is 27.6 Å². The van der Waals surface area contributed by atoms with Crippen LogP contribution in [0.15, 0.2) is 83.7 Å². The van der Waals surface area contributed by atoms with Crippen LogP contribution < -0.4 is 5.56 Å². The zero-order valence-electron chi connectivity index (χ0n) is 22.0. The van der Waals surface area contributed by atoms with Gasteiger partial charge in [0.2, 0.25) is 0 Å². The van der Waals surface area contributed by atoms with E-state index in [9.17, 15) is 4.79 Å². The maximum atomic E-state index is 13.7. The van der Waals surface area contributed by atoms with Crippen molar-refractivity contribution in [2.24, 2.45) is 0 Å². The molecule has 0 fully saturated rings. The van der Waals surface area contributed by atoms with Gasteiger partial charge >= 0.3 is 0 Å². The van der Waals surface area contributed by atoms with Crippen LogP contribution >= 0.6 is 11.6 Å². The molecule has 0 saturated carbocycles. The Hall–Kier alpha value is -3.81. The van der Waals surface area contributed by atoms with Crippen LogP contribution in [0, 0.1) is 6.92 Å². The van der Waals surface area contributed by atoms with Gasteiger partial charge in [-0.2, -0.15) is 0 Å². The summed E-state index contributed by atoms with van der Waals surface area (Å²) in [6, 6.07) is 25.5. The molecule has 0 radical (unpaired) electrons. The Morgan fingerprint density at radius 1 is 0.947 bits per heavy atom. The number of nitrogens with zero attached hydrogens (tertiary/aromatic N) is 5. The Morgan fingerprint density at radius 2 is 1.63 bits per heavy atom. The van der Waals surface area contributed by atoms with E-state index in [1.165, 1.54) is 0 Å². The van der Waals surface area contributed by atoms with Crippen molar-refractivity contribution in [3.8, 4) is 0 Å². The Balaban J connectivity index is 1.73. The minimum atomic E-state index is -0.520. The van der Waals surface area contributed by atoms with Crippen LogP contribution in [0.2, 0.25) is 5.02 Å². The standard InChI is InChI=1S/C30H31ClN6O/c1-20-10-15-26-23(16-20)17-25(29(38)32-26)27(28-33-34-35-37(28)30(2,3)4)36(18-21-8-6-5-7-9-21)19-22-11-13-24(31)14-12-22/h5-17,27H,18-19H2,1-4H3,(H,32,38)/t27-/m1/s1. The molecule has 5 aromatic rings. The molecule has 0 bridgehead atoms. The van der Waals surface area contributed by atoms with Gasteiger partial charge in [0.25, 0.3) is 5.56 Å². The third-order valence-corrected chi connectivity index (χ3v) is 6.84. The zero-order valence-corrected chi connectivity index (χ0v) is 22.8. The van der Waals surface area contributed by atoms with Gasteiger partial charge in [0.1, 0.15) is 6.04 Å². The smallest absolute Gasteiger partial charge is 0.253 e. The summed E-state index contributed by atoms with van der Waals surface area (Å²) in [6.45, 7) is 9.34. The number of hydrogen-bond donors (Lipinski definition) is 1. The highest BCUT2D eigenvalue weighted by atomic mass is 35.5. The van der Waals surface area contributed by atoms with Crippen LogP contribution in [0.1, 0.15) is 54.9 Å². The van der Waals surface area contributed by atoms with Gasteiger partial charge in [0, 0.05) is 29.2 Å². The molecule has 0 saturated heterocycles. The summed E-state index contributed by atoms with van der Waals surface area (Å²) in [6.07, 6.45) is 0. The molecular formula is C30H31ClN6O. The Kier molecular flexibility index (Phi) is 7.15. The lowest BCUT2D eigenvalue weighted by Crippen LogP contribution is -2.37. The number of halogens is 1. The van der Waals surface area contributed by atoms with Gasteiger partial charge < -0.3 is 4.98 Å². The third kappa shape index (κ3) is 5.54. The van der Waals surface area contributed by atoms with Crippen molar-refractivity contribution in [1.82, 2.24) is 30.1 Å². The first-order valence-corrected chi connectivity index (χ1v) is 13.0. The fourth-order valence-electron chi connectivity index (χ4n) is 4.77. The Bertz CT molecular complexity index is 1600. The largest absolute Gasteiger partial charge is 0.322 e. The van der Waals surface area contributed by atoms with Crippen LogP contribution in [-0.2, 0) is 18.6 Å². The van der Waals surface area contributed by atoms with Crippen molar-refractivity contribution in [2.45, 2.75) is 52.4 Å². The predicted octanol–water partition coefficient (Wildman–Crippen LogP) is 6.02. The van der Waals surface area contributed by atoms with Gasteiger partial charge in [-0.15, -0.1) is 5.10 Å². The molecule has 0 amide bonds. The Morgan fingerprint density at radius 3 is 2.32 bits per heavy atom. The van der Waals surface area contributed by atoms with E-state index in [4.69, 9.17) is 11.6 Å². The number of hydrogen-bond acceptors (Lipinski definition) is 5. The SMILES string of the molecule is Cc1ccc2[nH]c(=O)c([C@H](c3nnnn3C(C)(C)C)N(Cc3ccccc3)Cc3ccc(Cl)cc3)cc2c1. The molecule has 7 nitrogen and oxygen atoms in total. The monoisotopic (exact) mass is 526 g/mol. The van der Waals surface area contributed by atoms with Crippen molar-refractivity contribution < 1.29 is 0 Å². The van der Waals surface area contributed by atoms with Crippen molar-refractivity contribution in [3.63, 3.8) is 0 Å². The molecule has 8 heteroatoms. The number of aryl methyl sites for hydroxylation is 1. The molecule has 0 aliphatic carbocycles. The highest BCUT2D eigenvalue weighted by Gasteiger charge is 2.33. The molecule has 194 valence electrons. The maximum absolute atomic E-state index is 13.7. The fourth-order valence-corrected chi connectivity index (χ4v) is 4.89. The van der Waals surface area contributed by atoms with E-state index in [1.54, 1.807) is 0 Å². The number of fused-ring (bicyclic) bond motifs is 1. The average Bonchev–Trinajstić information content (AvgIpc) is 3.37. The zero-order chi connectivity index (χ0) is 26.9. The summed E-state index contributed by atoms with van der Waals surface area (Å²) in [5, 5.41) is 14.5. The number of benzene rings is 3. The van der Waals surface area contributed by atoms with Gasteiger partial charge in [0.05, 0.1) is 5.54 Å². The molecular weight excluding hydrogens is 496 g/mol. The second kappa shape index (κ2) is 10.5. The number of pyridine rings is 1. The minimum absolute atomic E-state index is 0.163. The second-order valence-electron chi connectivity index (χ2n) is 10.7. The molecule has 0 unspecified atom stereocenters. The van der Waals surface area contributed by atoms with Crippen molar-refractivity contribution >= 4 is 22.5 Å². The quantitative estimate of drug-likeness (QED) is 0.280. The highest BCUT2D eigenvalue weighted by molar-refractivity contribution is 6.30. The first kappa shape index (κ1) is 25.8. The fraction of sp³-hybridized carbons (Fsp3) is 0.267. The van der Waals surface area contributed by atoms with E-state index in [1.807, 2.05) is 72.3 Å². The van der Waals surface area contributed by atoms with Crippen LogP contribution in [0.4, 0.5) is 0 Å². The average molecular weight is 527 g/mol. The summed E-state index contributed by atoms with van der Waals surface area (Å²) in [7, 11) is 0. The van der Waals surface area contributed by atoms with Gasteiger partial charge in [-0.25, -0.2) is 4.68 Å².